The smallest absolute Gasteiger partial charge is 0.309 e. The van der Waals surface area contributed by atoms with Gasteiger partial charge in [0.1, 0.15) is 0 Å². The number of esters is 1. The van der Waals surface area contributed by atoms with Crippen molar-refractivity contribution in [3.8, 4) is 0 Å². The lowest BCUT2D eigenvalue weighted by Gasteiger charge is -2.27. The summed E-state index contributed by atoms with van der Waals surface area (Å²) in [6.45, 7) is 0.758. The molecule has 1 aliphatic rings. The summed E-state index contributed by atoms with van der Waals surface area (Å²) in [5.74, 6) is -0.218. The van der Waals surface area contributed by atoms with Crippen molar-refractivity contribution in [2.75, 3.05) is 12.0 Å². The molecule has 0 spiro atoms. The van der Waals surface area contributed by atoms with Crippen LogP contribution >= 0.6 is 0 Å². The number of anilines is 2. The fraction of sp³-hybridized carbons (Fsp3) is 0.125. The first-order valence-corrected chi connectivity index (χ1v) is 9.03. The van der Waals surface area contributed by atoms with Crippen molar-refractivity contribution in [2.24, 2.45) is 0 Å². The molecule has 0 saturated carbocycles. The normalized spacial score (nSPS) is 12.1. The van der Waals surface area contributed by atoms with Gasteiger partial charge >= 0.3 is 5.97 Å². The minimum atomic E-state index is -0.218. The van der Waals surface area contributed by atoms with E-state index in [-0.39, 0.29) is 5.97 Å². The summed E-state index contributed by atoms with van der Waals surface area (Å²) in [5.41, 5.74) is 6.95. The average Bonchev–Trinajstić information content (AvgIpc) is 2.87. The molecule has 0 fully saturated rings. The number of hydrogen-bond donors (Lipinski definition) is 0. The molecule has 0 bridgehead atoms. The molecule has 0 saturated heterocycles. The average molecular weight is 355 g/mol. The SMILES string of the molecule is COC(=O)Cc1ccc(CN2c3ccccc3C=Cc3ccccc32)cc1. The van der Waals surface area contributed by atoms with Crippen LogP contribution < -0.4 is 4.90 Å². The highest BCUT2D eigenvalue weighted by Crippen LogP contribution is 2.37. The van der Waals surface area contributed by atoms with Crippen molar-refractivity contribution in [1.29, 1.82) is 0 Å². The van der Waals surface area contributed by atoms with Crippen LogP contribution in [0, 0.1) is 0 Å². The fourth-order valence-electron chi connectivity index (χ4n) is 3.41. The molecule has 0 N–H and O–H groups in total. The van der Waals surface area contributed by atoms with Crippen LogP contribution in [0.25, 0.3) is 12.2 Å². The largest absolute Gasteiger partial charge is 0.469 e. The van der Waals surface area contributed by atoms with Crippen LogP contribution in [-0.2, 0) is 22.5 Å². The second-order valence-electron chi connectivity index (χ2n) is 6.61. The van der Waals surface area contributed by atoms with E-state index in [0.29, 0.717) is 6.42 Å². The number of rotatable bonds is 4. The standard InChI is InChI=1S/C24H21NO2/c1-27-24(26)16-18-10-12-19(13-11-18)17-25-22-8-4-2-6-20(22)14-15-21-7-3-5-9-23(21)25/h2-15H,16-17H2,1H3. The van der Waals surface area contributed by atoms with Gasteiger partial charge in [0.2, 0.25) is 0 Å². The molecular weight excluding hydrogens is 334 g/mol. The van der Waals surface area contributed by atoms with Gasteiger partial charge in [0.05, 0.1) is 13.5 Å². The predicted octanol–water partition coefficient (Wildman–Crippen LogP) is 5.22. The molecule has 0 atom stereocenters. The number of ether oxygens (including phenoxy) is 1. The van der Waals surface area contributed by atoms with Crippen LogP contribution in [0.15, 0.2) is 72.8 Å². The molecular formula is C24H21NO2. The molecule has 0 amide bonds. The van der Waals surface area contributed by atoms with Crippen LogP contribution in [0.4, 0.5) is 11.4 Å². The van der Waals surface area contributed by atoms with Crippen LogP contribution in [0.5, 0.6) is 0 Å². The monoisotopic (exact) mass is 355 g/mol. The minimum absolute atomic E-state index is 0.218. The summed E-state index contributed by atoms with van der Waals surface area (Å²) >= 11 is 0. The Balaban J connectivity index is 1.67. The lowest BCUT2D eigenvalue weighted by molar-refractivity contribution is -0.139. The number of fused-ring (bicyclic) bond motifs is 2. The van der Waals surface area contributed by atoms with Gasteiger partial charge in [0.15, 0.2) is 0 Å². The Bertz CT molecular complexity index is 940. The Kier molecular flexibility index (Phi) is 4.75. The first-order valence-electron chi connectivity index (χ1n) is 9.03. The molecule has 3 aromatic rings. The van der Waals surface area contributed by atoms with Crippen molar-refractivity contribution < 1.29 is 9.53 Å². The summed E-state index contributed by atoms with van der Waals surface area (Å²) in [5, 5.41) is 0. The summed E-state index contributed by atoms with van der Waals surface area (Å²) in [4.78, 5) is 13.8. The topological polar surface area (TPSA) is 29.5 Å². The summed E-state index contributed by atoms with van der Waals surface area (Å²) in [6, 6.07) is 25.1. The van der Waals surface area contributed by atoms with Crippen LogP contribution in [0.2, 0.25) is 0 Å². The van der Waals surface area contributed by atoms with Crippen LogP contribution in [-0.4, -0.2) is 13.1 Å². The number of nitrogens with zero attached hydrogens (tertiary/aromatic N) is 1. The van der Waals surface area contributed by atoms with E-state index >= 15 is 0 Å². The molecule has 4 rings (SSSR count). The molecule has 0 radical (unpaired) electrons. The third kappa shape index (κ3) is 3.63. The molecule has 1 heterocycles. The maximum absolute atomic E-state index is 11.5. The zero-order valence-electron chi connectivity index (χ0n) is 15.3. The Morgan fingerprint density at radius 1 is 0.778 bits per heavy atom. The molecule has 1 aliphatic heterocycles. The number of carbonyl (C=O) groups excluding carboxylic acids is 1. The second-order valence-corrected chi connectivity index (χ2v) is 6.61. The highest BCUT2D eigenvalue weighted by Gasteiger charge is 2.17. The van der Waals surface area contributed by atoms with Crippen LogP contribution in [0.3, 0.4) is 0 Å². The lowest BCUT2D eigenvalue weighted by Crippen LogP contribution is -2.17. The Morgan fingerprint density at radius 3 is 1.85 bits per heavy atom. The van der Waals surface area contributed by atoms with Crippen molar-refractivity contribution in [1.82, 2.24) is 0 Å². The molecule has 3 nitrogen and oxygen atoms in total. The number of hydrogen-bond acceptors (Lipinski definition) is 3. The maximum Gasteiger partial charge on any atom is 0.309 e. The van der Waals surface area contributed by atoms with E-state index < -0.39 is 0 Å². The van der Waals surface area contributed by atoms with Crippen molar-refractivity contribution >= 4 is 29.5 Å². The number of methoxy groups -OCH3 is 1. The lowest BCUT2D eigenvalue weighted by atomic mass is 10.1. The van der Waals surface area contributed by atoms with E-state index in [1.165, 1.54) is 35.2 Å². The van der Waals surface area contributed by atoms with Gasteiger partial charge in [-0.2, -0.15) is 0 Å². The van der Waals surface area contributed by atoms with E-state index in [1.807, 2.05) is 12.1 Å². The highest BCUT2D eigenvalue weighted by atomic mass is 16.5. The van der Waals surface area contributed by atoms with Crippen molar-refractivity contribution in [3.05, 3.63) is 95.1 Å². The van der Waals surface area contributed by atoms with Gasteiger partial charge in [0.25, 0.3) is 0 Å². The third-order valence-electron chi connectivity index (χ3n) is 4.84. The van der Waals surface area contributed by atoms with Gasteiger partial charge < -0.3 is 9.64 Å². The van der Waals surface area contributed by atoms with Gasteiger partial charge in [-0.3, -0.25) is 4.79 Å². The van der Waals surface area contributed by atoms with Gasteiger partial charge in [0, 0.05) is 17.9 Å². The maximum atomic E-state index is 11.5. The molecule has 3 heteroatoms. The second kappa shape index (κ2) is 7.50. The molecule has 134 valence electrons. The van der Waals surface area contributed by atoms with Gasteiger partial charge in [-0.15, -0.1) is 0 Å². The zero-order valence-corrected chi connectivity index (χ0v) is 15.3. The fourth-order valence-corrected chi connectivity index (χ4v) is 3.41. The predicted molar refractivity (Wildman–Crippen MR) is 110 cm³/mol. The molecule has 0 aromatic heterocycles. The van der Waals surface area contributed by atoms with E-state index in [4.69, 9.17) is 4.74 Å². The number of para-hydroxylation sites is 2. The van der Waals surface area contributed by atoms with Crippen LogP contribution in [0.1, 0.15) is 22.3 Å². The summed E-state index contributed by atoms with van der Waals surface area (Å²) < 4.78 is 4.74. The first kappa shape index (κ1) is 17.1. The van der Waals surface area contributed by atoms with E-state index in [2.05, 4.69) is 77.7 Å². The van der Waals surface area contributed by atoms with E-state index in [1.54, 1.807) is 0 Å². The summed E-state index contributed by atoms with van der Waals surface area (Å²) in [6.07, 6.45) is 4.65. The summed E-state index contributed by atoms with van der Waals surface area (Å²) in [7, 11) is 1.42. The Labute approximate surface area is 159 Å². The zero-order chi connectivity index (χ0) is 18.6. The number of carbonyl (C=O) groups is 1. The van der Waals surface area contributed by atoms with Gasteiger partial charge in [-0.1, -0.05) is 72.8 Å². The number of benzene rings is 3. The highest BCUT2D eigenvalue weighted by molar-refractivity contribution is 5.88. The molecule has 0 unspecified atom stereocenters. The van der Waals surface area contributed by atoms with E-state index in [9.17, 15) is 4.79 Å². The molecule has 0 aliphatic carbocycles. The Morgan fingerprint density at radius 2 is 1.30 bits per heavy atom. The Hall–Kier alpha value is -3.33. The first-order chi connectivity index (χ1) is 13.2. The molecule has 3 aromatic carbocycles. The van der Waals surface area contributed by atoms with Gasteiger partial charge in [-0.05, 0) is 34.4 Å². The third-order valence-corrected chi connectivity index (χ3v) is 4.84. The van der Waals surface area contributed by atoms with Gasteiger partial charge in [-0.25, -0.2) is 0 Å². The van der Waals surface area contributed by atoms with Crippen molar-refractivity contribution in [3.63, 3.8) is 0 Å². The quantitative estimate of drug-likeness (QED) is 0.601. The minimum Gasteiger partial charge on any atom is -0.469 e. The van der Waals surface area contributed by atoms with Crippen molar-refractivity contribution in [2.45, 2.75) is 13.0 Å². The molecule has 27 heavy (non-hydrogen) atoms. The van der Waals surface area contributed by atoms with E-state index in [0.717, 1.165) is 12.1 Å².